The Kier molecular flexibility index (Phi) is 8.34. The summed E-state index contributed by atoms with van der Waals surface area (Å²) in [5.41, 5.74) is 0.479. The number of carbonyl (C=O) groups is 2. The Bertz CT molecular complexity index is 1160. The zero-order chi connectivity index (χ0) is 27.1. The second-order valence-corrected chi connectivity index (χ2v) is 12.9. The standard InChI is InChI=1S/C27H37ClN2O6S/c1-6-17-24(33)14(2)12-35-13-27(28)22(36-27)10-18(16-7-8-20-19(9-16)29-15(3)37-20)30-23(32)11-21(31)26(4,5)25(17)34/h7-9,14,17-18,21-22,24,31,33H,6,10-13H2,1-5H3,(H,30,32)/t14-,17+,18-,21-,22-,24-,27+/m0/s1. The number of hydrogen-bond donors (Lipinski definition) is 3. The van der Waals surface area contributed by atoms with Crippen LogP contribution in [-0.4, -0.2) is 63.5 Å². The molecule has 0 radical (unpaired) electrons. The topological polar surface area (TPSA) is 121 Å². The maximum Gasteiger partial charge on any atom is 0.223 e. The van der Waals surface area contributed by atoms with Crippen molar-refractivity contribution < 1.29 is 29.3 Å². The number of ether oxygens (including phenoxy) is 2. The van der Waals surface area contributed by atoms with Gasteiger partial charge in [-0.15, -0.1) is 11.3 Å². The second kappa shape index (κ2) is 10.9. The first-order valence-corrected chi connectivity index (χ1v) is 14.1. The molecule has 2 saturated heterocycles. The molecule has 0 bridgehead atoms. The quantitative estimate of drug-likeness (QED) is 0.382. The minimum atomic E-state index is -1.23. The van der Waals surface area contributed by atoms with Crippen molar-refractivity contribution in [1.29, 1.82) is 0 Å². The largest absolute Gasteiger partial charge is 0.392 e. The number of aliphatic hydroxyl groups is 2. The van der Waals surface area contributed by atoms with Crippen LogP contribution in [0.3, 0.4) is 0 Å². The highest BCUT2D eigenvalue weighted by Gasteiger charge is 2.56. The minimum Gasteiger partial charge on any atom is -0.392 e. The van der Waals surface area contributed by atoms with Crippen LogP contribution in [0, 0.1) is 24.2 Å². The number of alkyl halides is 1. The molecule has 4 rings (SSSR count). The summed E-state index contributed by atoms with van der Waals surface area (Å²) in [5, 5.41) is 24.9. The molecule has 8 nitrogen and oxygen atoms in total. The number of Topliss-reactive ketones (excluding diaryl/α,β-unsaturated/α-hetero) is 1. The molecule has 3 heterocycles. The average Bonchev–Trinajstić information content (AvgIpc) is 3.30. The predicted octanol–water partition coefficient (Wildman–Crippen LogP) is 3.89. The lowest BCUT2D eigenvalue weighted by molar-refractivity contribution is -0.144. The van der Waals surface area contributed by atoms with E-state index in [1.165, 1.54) is 0 Å². The number of rotatable bonds is 2. The van der Waals surface area contributed by atoms with Gasteiger partial charge < -0.3 is 25.0 Å². The van der Waals surface area contributed by atoms with Crippen LogP contribution < -0.4 is 5.32 Å². The molecule has 10 heteroatoms. The number of nitrogens with one attached hydrogen (secondary N) is 1. The monoisotopic (exact) mass is 552 g/mol. The van der Waals surface area contributed by atoms with Crippen molar-refractivity contribution in [2.75, 3.05) is 13.2 Å². The van der Waals surface area contributed by atoms with Crippen molar-refractivity contribution in [1.82, 2.24) is 10.3 Å². The maximum atomic E-state index is 13.4. The molecule has 1 amide bonds. The third kappa shape index (κ3) is 6.02. The summed E-state index contributed by atoms with van der Waals surface area (Å²) in [7, 11) is 0. The summed E-state index contributed by atoms with van der Waals surface area (Å²) in [4.78, 5) is 31.2. The molecule has 1 aromatic heterocycles. The highest BCUT2D eigenvalue weighted by atomic mass is 35.5. The average molecular weight is 553 g/mol. The summed E-state index contributed by atoms with van der Waals surface area (Å²) < 4.78 is 12.7. The van der Waals surface area contributed by atoms with E-state index < -0.39 is 34.6 Å². The number of epoxide rings is 1. The van der Waals surface area contributed by atoms with Crippen molar-refractivity contribution in [3.8, 4) is 0 Å². The van der Waals surface area contributed by atoms with E-state index in [9.17, 15) is 19.8 Å². The fourth-order valence-corrected chi connectivity index (χ4v) is 6.19. The Morgan fingerprint density at radius 2 is 2.00 bits per heavy atom. The van der Waals surface area contributed by atoms with Gasteiger partial charge in [-0.2, -0.15) is 0 Å². The summed E-state index contributed by atoms with van der Waals surface area (Å²) in [5.74, 6) is -1.70. The van der Waals surface area contributed by atoms with Gasteiger partial charge in [-0.1, -0.05) is 45.4 Å². The molecule has 2 aromatic rings. The van der Waals surface area contributed by atoms with Gasteiger partial charge in [0.1, 0.15) is 11.9 Å². The van der Waals surface area contributed by atoms with Gasteiger partial charge in [-0.05, 0) is 31.0 Å². The Hall–Kier alpha value is -1.62. The Morgan fingerprint density at radius 1 is 1.27 bits per heavy atom. The number of aryl methyl sites for hydroxylation is 1. The lowest BCUT2D eigenvalue weighted by atomic mass is 9.72. The molecule has 0 aliphatic carbocycles. The summed E-state index contributed by atoms with van der Waals surface area (Å²) in [6.45, 7) is 9.18. The molecule has 0 saturated carbocycles. The molecule has 37 heavy (non-hydrogen) atoms. The first-order chi connectivity index (χ1) is 17.4. The normalized spacial score (nSPS) is 35.7. The second-order valence-electron chi connectivity index (χ2n) is 11.0. The van der Waals surface area contributed by atoms with Gasteiger partial charge in [0.2, 0.25) is 5.91 Å². The van der Waals surface area contributed by atoms with Gasteiger partial charge in [0, 0.05) is 18.3 Å². The van der Waals surface area contributed by atoms with Crippen molar-refractivity contribution in [3.63, 3.8) is 0 Å². The number of halogens is 1. The summed E-state index contributed by atoms with van der Waals surface area (Å²) >= 11 is 8.26. The smallest absolute Gasteiger partial charge is 0.223 e. The number of aromatic nitrogens is 1. The van der Waals surface area contributed by atoms with Crippen LogP contribution in [-0.2, 0) is 19.1 Å². The molecule has 204 valence electrons. The number of benzene rings is 1. The van der Waals surface area contributed by atoms with Crippen molar-refractivity contribution in [2.24, 2.45) is 17.3 Å². The summed E-state index contributed by atoms with van der Waals surface area (Å²) in [6.07, 6.45) is -1.99. The van der Waals surface area contributed by atoms with Crippen LogP contribution in [0.25, 0.3) is 10.2 Å². The Labute approximate surface area is 226 Å². The molecule has 7 atom stereocenters. The number of aliphatic hydroxyl groups excluding tert-OH is 2. The zero-order valence-electron chi connectivity index (χ0n) is 22.0. The van der Waals surface area contributed by atoms with Crippen molar-refractivity contribution in [3.05, 3.63) is 28.8 Å². The van der Waals surface area contributed by atoms with E-state index in [1.807, 2.05) is 39.0 Å². The Balaban J connectivity index is 1.62. The summed E-state index contributed by atoms with van der Waals surface area (Å²) in [6, 6.07) is 5.46. The third-order valence-corrected chi connectivity index (χ3v) is 9.16. The molecule has 0 spiro atoms. The van der Waals surface area contributed by atoms with E-state index in [-0.39, 0.29) is 43.3 Å². The number of ketones is 1. The third-order valence-electron chi connectivity index (χ3n) is 7.77. The van der Waals surface area contributed by atoms with E-state index in [4.69, 9.17) is 21.1 Å². The molecule has 2 aliphatic heterocycles. The fraction of sp³-hybridized carbons (Fsp3) is 0.667. The van der Waals surface area contributed by atoms with Crippen molar-refractivity contribution in [2.45, 2.75) is 83.3 Å². The van der Waals surface area contributed by atoms with E-state index in [2.05, 4.69) is 10.3 Å². The number of amides is 1. The van der Waals surface area contributed by atoms with Gasteiger partial charge in [0.05, 0.1) is 58.5 Å². The molecule has 1 aromatic carbocycles. The molecule has 0 unspecified atom stereocenters. The number of fused-ring (bicyclic) bond motifs is 2. The number of carbonyl (C=O) groups excluding carboxylic acids is 2. The van der Waals surface area contributed by atoms with Crippen LogP contribution in [0.2, 0.25) is 0 Å². The SMILES string of the molecule is CC[C@H]1C(=O)C(C)(C)[C@@H](O)CC(=O)N[C@H](c2ccc3sc(C)nc3c2)C[C@@H]2O[C@]2(Cl)COC[C@H](C)[C@@H]1O. The fourth-order valence-electron chi connectivity index (χ4n) is 5.11. The minimum absolute atomic E-state index is 0.121. The van der Waals surface area contributed by atoms with E-state index >= 15 is 0 Å². The highest BCUT2D eigenvalue weighted by Crippen LogP contribution is 2.46. The van der Waals surface area contributed by atoms with Gasteiger partial charge in [0.25, 0.3) is 0 Å². The first-order valence-electron chi connectivity index (χ1n) is 12.9. The molecule has 2 aliphatic rings. The maximum absolute atomic E-state index is 13.4. The molecule has 3 N–H and O–H groups in total. The zero-order valence-corrected chi connectivity index (χ0v) is 23.6. The highest BCUT2D eigenvalue weighted by molar-refractivity contribution is 7.18. The predicted molar refractivity (Wildman–Crippen MR) is 142 cm³/mol. The van der Waals surface area contributed by atoms with Crippen LogP contribution in [0.4, 0.5) is 0 Å². The van der Waals surface area contributed by atoms with E-state index in [1.54, 1.807) is 25.2 Å². The number of hydrogen-bond acceptors (Lipinski definition) is 8. The van der Waals surface area contributed by atoms with Crippen LogP contribution in [0.15, 0.2) is 18.2 Å². The van der Waals surface area contributed by atoms with Crippen LogP contribution in [0.5, 0.6) is 0 Å². The molecular formula is C27H37ClN2O6S. The molecule has 2 fully saturated rings. The molecular weight excluding hydrogens is 516 g/mol. The van der Waals surface area contributed by atoms with Crippen LogP contribution >= 0.6 is 22.9 Å². The van der Waals surface area contributed by atoms with E-state index in [0.29, 0.717) is 12.8 Å². The first kappa shape index (κ1) is 28.4. The Morgan fingerprint density at radius 3 is 2.70 bits per heavy atom. The lowest BCUT2D eigenvalue weighted by Gasteiger charge is -2.35. The van der Waals surface area contributed by atoms with Crippen LogP contribution in [0.1, 0.15) is 63.6 Å². The van der Waals surface area contributed by atoms with Crippen molar-refractivity contribution >= 4 is 44.8 Å². The number of nitrogens with zero attached hydrogens (tertiary/aromatic N) is 1. The number of thiazole rings is 1. The van der Waals surface area contributed by atoms with Gasteiger partial charge in [-0.3, -0.25) is 9.59 Å². The van der Waals surface area contributed by atoms with Gasteiger partial charge in [-0.25, -0.2) is 4.98 Å². The van der Waals surface area contributed by atoms with Gasteiger partial charge in [0.15, 0.2) is 5.06 Å². The van der Waals surface area contributed by atoms with E-state index in [0.717, 1.165) is 20.8 Å². The lowest BCUT2D eigenvalue weighted by Crippen LogP contribution is -2.47. The van der Waals surface area contributed by atoms with Gasteiger partial charge >= 0.3 is 0 Å².